The summed E-state index contributed by atoms with van der Waals surface area (Å²) in [6, 6.07) is 12.0. The van der Waals surface area contributed by atoms with Gasteiger partial charge in [-0.3, -0.25) is 0 Å². The molecule has 0 radical (unpaired) electrons. The quantitative estimate of drug-likeness (QED) is 0.670. The van der Waals surface area contributed by atoms with Crippen LogP contribution in [0.25, 0.3) is 11.3 Å². The number of rotatable bonds is 4. The van der Waals surface area contributed by atoms with Crippen molar-refractivity contribution >= 4 is 11.6 Å². The molecule has 4 fully saturated rings. The topological polar surface area (TPSA) is 25.2 Å². The minimum atomic E-state index is 0.316. The van der Waals surface area contributed by atoms with E-state index in [1.54, 1.807) is 0 Å². The van der Waals surface area contributed by atoms with Crippen molar-refractivity contribution < 1.29 is 4.42 Å². The summed E-state index contributed by atoms with van der Waals surface area (Å²) in [6.45, 7) is 5.88. The molecule has 0 amide bonds. The highest BCUT2D eigenvalue weighted by Crippen LogP contribution is 2.66. The zero-order valence-corrected chi connectivity index (χ0v) is 16.5. The Balaban J connectivity index is 1.32. The molecule has 4 atom stereocenters. The molecular formula is C23H28ClNO. The highest BCUT2D eigenvalue weighted by molar-refractivity contribution is 6.30. The molecule has 2 aromatic rings. The second-order valence-corrected chi connectivity index (χ2v) is 10.5. The molecule has 26 heavy (non-hydrogen) atoms. The fraction of sp³-hybridized carbons (Fsp3) is 0.565. The Bertz CT molecular complexity index is 805. The minimum absolute atomic E-state index is 0.316. The lowest BCUT2D eigenvalue weighted by Crippen LogP contribution is -2.63. The molecule has 2 unspecified atom stereocenters. The Kier molecular flexibility index (Phi) is 3.65. The van der Waals surface area contributed by atoms with Crippen LogP contribution in [-0.2, 0) is 6.54 Å². The molecule has 4 aliphatic carbocycles. The molecule has 0 spiro atoms. The predicted octanol–water partition coefficient (Wildman–Crippen LogP) is 6.44. The van der Waals surface area contributed by atoms with Crippen LogP contribution >= 0.6 is 11.6 Å². The average Bonchev–Trinajstić information content (AvgIpc) is 2.99. The van der Waals surface area contributed by atoms with E-state index in [1.807, 2.05) is 24.3 Å². The molecule has 0 aliphatic heterocycles. The summed E-state index contributed by atoms with van der Waals surface area (Å²) in [4.78, 5) is 0. The van der Waals surface area contributed by atoms with Crippen LogP contribution in [0, 0.1) is 16.7 Å². The summed E-state index contributed by atoms with van der Waals surface area (Å²) in [6.07, 6.45) is 8.30. The zero-order valence-electron chi connectivity index (χ0n) is 15.8. The minimum Gasteiger partial charge on any atom is -0.460 e. The lowest BCUT2D eigenvalue weighted by atomic mass is 9.43. The van der Waals surface area contributed by atoms with E-state index in [1.165, 1.54) is 38.5 Å². The Labute approximate surface area is 161 Å². The van der Waals surface area contributed by atoms with Crippen LogP contribution in [0.2, 0.25) is 5.02 Å². The zero-order chi connectivity index (χ0) is 18.0. The first-order chi connectivity index (χ1) is 12.3. The van der Waals surface area contributed by atoms with Gasteiger partial charge < -0.3 is 9.73 Å². The first kappa shape index (κ1) is 16.9. The van der Waals surface area contributed by atoms with Crippen molar-refractivity contribution in [1.29, 1.82) is 0 Å². The third-order valence-corrected chi connectivity index (χ3v) is 7.31. The van der Waals surface area contributed by atoms with E-state index in [9.17, 15) is 0 Å². The molecule has 6 rings (SSSR count). The first-order valence-corrected chi connectivity index (χ1v) is 10.3. The Morgan fingerprint density at radius 3 is 2.31 bits per heavy atom. The molecule has 3 heteroatoms. The first-order valence-electron chi connectivity index (χ1n) is 9.94. The second kappa shape index (κ2) is 5.62. The lowest BCUT2D eigenvalue weighted by molar-refractivity contribution is -0.118. The third-order valence-electron chi connectivity index (χ3n) is 7.05. The van der Waals surface area contributed by atoms with E-state index in [4.69, 9.17) is 16.0 Å². The number of hydrogen-bond donors (Lipinski definition) is 1. The SMILES string of the molecule is C[C@]12CC3CC(NCc4ccc(-c5ccc(Cl)cc5)o4)(C1)C[C@@](C)(C3)C2. The van der Waals surface area contributed by atoms with Gasteiger partial charge in [0.05, 0.1) is 6.54 Å². The summed E-state index contributed by atoms with van der Waals surface area (Å²) in [5.41, 5.74) is 2.48. The van der Waals surface area contributed by atoms with Gasteiger partial charge in [-0.1, -0.05) is 25.4 Å². The summed E-state index contributed by atoms with van der Waals surface area (Å²) < 4.78 is 6.12. The molecule has 1 aromatic carbocycles. The van der Waals surface area contributed by atoms with Gasteiger partial charge >= 0.3 is 0 Å². The molecule has 2 nitrogen and oxygen atoms in total. The number of furan rings is 1. The van der Waals surface area contributed by atoms with E-state index < -0.39 is 0 Å². The van der Waals surface area contributed by atoms with Gasteiger partial charge in [-0.05, 0) is 91.7 Å². The highest BCUT2D eigenvalue weighted by Gasteiger charge is 2.59. The highest BCUT2D eigenvalue weighted by atomic mass is 35.5. The second-order valence-electron chi connectivity index (χ2n) is 10.0. The fourth-order valence-corrected chi connectivity index (χ4v) is 7.29. The predicted molar refractivity (Wildman–Crippen MR) is 106 cm³/mol. The van der Waals surface area contributed by atoms with Gasteiger partial charge in [-0.25, -0.2) is 0 Å². The maximum absolute atomic E-state index is 6.12. The van der Waals surface area contributed by atoms with Gasteiger partial charge in [-0.2, -0.15) is 0 Å². The molecule has 1 N–H and O–H groups in total. The van der Waals surface area contributed by atoms with E-state index in [-0.39, 0.29) is 0 Å². The standard InChI is InChI=1S/C23H28ClNO/c1-21-9-16-10-22(2,13-21)15-23(11-16,14-21)25-12-19-7-8-20(26-19)17-3-5-18(24)6-4-17/h3-8,16,25H,9-15H2,1-2H3/t16?,21-,22+,23?. The van der Waals surface area contributed by atoms with Crippen LogP contribution in [0.3, 0.4) is 0 Å². The fourth-order valence-electron chi connectivity index (χ4n) is 7.16. The van der Waals surface area contributed by atoms with Crippen LogP contribution in [0.1, 0.15) is 58.1 Å². The molecule has 1 heterocycles. The van der Waals surface area contributed by atoms with E-state index >= 15 is 0 Å². The normalized spacial score (nSPS) is 38.0. The van der Waals surface area contributed by atoms with Crippen molar-refractivity contribution in [3.8, 4) is 11.3 Å². The van der Waals surface area contributed by atoms with Crippen molar-refractivity contribution in [2.75, 3.05) is 0 Å². The molecule has 4 bridgehead atoms. The number of hydrogen-bond acceptors (Lipinski definition) is 2. The largest absolute Gasteiger partial charge is 0.460 e. The van der Waals surface area contributed by atoms with Gasteiger partial charge in [0.1, 0.15) is 11.5 Å². The third kappa shape index (κ3) is 2.92. The summed E-state index contributed by atoms with van der Waals surface area (Å²) >= 11 is 5.99. The molecule has 4 aliphatic rings. The van der Waals surface area contributed by atoms with Gasteiger partial charge in [0.15, 0.2) is 0 Å². The van der Waals surface area contributed by atoms with Crippen molar-refractivity contribution in [3.05, 3.63) is 47.2 Å². The van der Waals surface area contributed by atoms with Crippen molar-refractivity contribution in [3.63, 3.8) is 0 Å². The number of halogens is 1. The maximum Gasteiger partial charge on any atom is 0.134 e. The summed E-state index contributed by atoms with van der Waals surface area (Å²) in [7, 11) is 0. The summed E-state index contributed by atoms with van der Waals surface area (Å²) in [5, 5.41) is 4.71. The smallest absolute Gasteiger partial charge is 0.134 e. The van der Waals surface area contributed by atoms with Crippen LogP contribution in [0.15, 0.2) is 40.8 Å². The average molecular weight is 370 g/mol. The van der Waals surface area contributed by atoms with Crippen LogP contribution in [0.4, 0.5) is 0 Å². The van der Waals surface area contributed by atoms with Crippen LogP contribution in [-0.4, -0.2) is 5.54 Å². The van der Waals surface area contributed by atoms with E-state index in [0.29, 0.717) is 16.4 Å². The van der Waals surface area contributed by atoms with Crippen molar-refractivity contribution in [2.24, 2.45) is 16.7 Å². The van der Waals surface area contributed by atoms with Crippen molar-refractivity contribution in [2.45, 2.75) is 64.5 Å². The van der Waals surface area contributed by atoms with Crippen molar-refractivity contribution in [1.82, 2.24) is 5.32 Å². The molecule has 0 saturated heterocycles. The van der Waals surface area contributed by atoms with E-state index in [2.05, 4.69) is 31.3 Å². The lowest BCUT2D eigenvalue weighted by Gasteiger charge is -2.65. The van der Waals surface area contributed by atoms with Gasteiger partial charge in [0.25, 0.3) is 0 Å². The number of benzene rings is 1. The van der Waals surface area contributed by atoms with Crippen LogP contribution < -0.4 is 5.32 Å². The molecular weight excluding hydrogens is 342 g/mol. The monoisotopic (exact) mass is 369 g/mol. The Morgan fingerprint density at radius 2 is 1.65 bits per heavy atom. The van der Waals surface area contributed by atoms with Crippen LogP contribution in [0.5, 0.6) is 0 Å². The van der Waals surface area contributed by atoms with E-state index in [0.717, 1.165) is 34.6 Å². The molecule has 4 saturated carbocycles. The summed E-state index contributed by atoms with van der Waals surface area (Å²) in [5.74, 6) is 2.86. The molecule has 1 aromatic heterocycles. The van der Waals surface area contributed by atoms with Gasteiger partial charge in [-0.15, -0.1) is 0 Å². The molecule has 138 valence electrons. The Hall–Kier alpha value is -1.25. The maximum atomic E-state index is 6.12. The van der Waals surface area contributed by atoms with Gasteiger partial charge in [0.2, 0.25) is 0 Å². The number of nitrogens with one attached hydrogen (secondary N) is 1. The van der Waals surface area contributed by atoms with Gasteiger partial charge in [0, 0.05) is 16.1 Å². The Morgan fingerprint density at radius 1 is 0.962 bits per heavy atom.